The number of ether oxygens (including phenoxy) is 1. The number of benzene rings is 1. The predicted molar refractivity (Wildman–Crippen MR) is 59.2 cm³/mol. The lowest BCUT2D eigenvalue weighted by Gasteiger charge is -2.05. The molecule has 0 N–H and O–H groups in total. The number of hydrogen-bond donors (Lipinski definition) is 0. The fourth-order valence-corrected chi connectivity index (χ4v) is 1.29. The van der Waals surface area contributed by atoms with E-state index in [1.165, 1.54) is 0 Å². The van der Waals surface area contributed by atoms with E-state index >= 15 is 0 Å². The van der Waals surface area contributed by atoms with Crippen LogP contribution >= 0.6 is 15.9 Å². The molecule has 0 saturated heterocycles. The molecule has 0 aliphatic heterocycles. The fourth-order valence-electron chi connectivity index (χ4n) is 1.03. The molecule has 1 atom stereocenters. The molecular weight excluding hydrogens is 244 g/mol. The van der Waals surface area contributed by atoms with Crippen LogP contribution < -0.4 is 0 Å². The van der Waals surface area contributed by atoms with Crippen LogP contribution in [0.1, 0.15) is 18.9 Å². The minimum Gasteiger partial charge on any atom is -0.461 e. The SMILES string of the molecule is C[C@@H](Br)CC(=O)OCc1ccccc1. The van der Waals surface area contributed by atoms with Crippen molar-refractivity contribution in [2.45, 2.75) is 24.8 Å². The number of alkyl halides is 1. The van der Waals surface area contributed by atoms with Gasteiger partial charge in [-0.25, -0.2) is 0 Å². The van der Waals surface area contributed by atoms with E-state index in [1.54, 1.807) is 0 Å². The Morgan fingerprint density at radius 3 is 2.64 bits per heavy atom. The summed E-state index contributed by atoms with van der Waals surface area (Å²) >= 11 is 3.30. The summed E-state index contributed by atoms with van der Waals surface area (Å²) in [5.74, 6) is -0.168. The lowest BCUT2D eigenvalue weighted by atomic mass is 10.2. The van der Waals surface area contributed by atoms with Gasteiger partial charge in [0.15, 0.2) is 0 Å². The van der Waals surface area contributed by atoms with Gasteiger partial charge in [0, 0.05) is 4.83 Å². The zero-order valence-electron chi connectivity index (χ0n) is 8.07. The molecule has 3 heteroatoms. The Bertz CT molecular complexity index is 283. The van der Waals surface area contributed by atoms with Crippen molar-refractivity contribution in [3.05, 3.63) is 35.9 Å². The highest BCUT2D eigenvalue weighted by Crippen LogP contribution is 2.06. The van der Waals surface area contributed by atoms with Crippen molar-refractivity contribution >= 4 is 21.9 Å². The summed E-state index contributed by atoms with van der Waals surface area (Å²) in [6.45, 7) is 2.28. The van der Waals surface area contributed by atoms with E-state index in [2.05, 4.69) is 15.9 Å². The van der Waals surface area contributed by atoms with E-state index in [-0.39, 0.29) is 10.8 Å². The maximum Gasteiger partial charge on any atom is 0.307 e. The highest BCUT2D eigenvalue weighted by atomic mass is 79.9. The maximum absolute atomic E-state index is 11.2. The van der Waals surface area contributed by atoms with Crippen LogP contribution in [0.2, 0.25) is 0 Å². The van der Waals surface area contributed by atoms with Crippen LogP contribution in [-0.4, -0.2) is 10.8 Å². The number of hydrogen-bond acceptors (Lipinski definition) is 2. The van der Waals surface area contributed by atoms with E-state index in [0.717, 1.165) is 5.56 Å². The van der Waals surface area contributed by atoms with Crippen molar-refractivity contribution in [3.8, 4) is 0 Å². The predicted octanol–water partition coefficient (Wildman–Crippen LogP) is 2.90. The Labute approximate surface area is 92.4 Å². The van der Waals surface area contributed by atoms with Crippen molar-refractivity contribution in [1.29, 1.82) is 0 Å². The molecule has 1 aromatic rings. The van der Waals surface area contributed by atoms with Gasteiger partial charge in [-0.15, -0.1) is 0 Å². The van der Waals surface area contributed by atoms with Gasteiger partial charge in [-0.1, -0.05) is 53.2 Å². The first-order valence-corrected chi connectivity index (χ1v) is 5.43. The molecular formula is C11H13BrO2. The van der Waals surface area contributed by atoms with Crippen molar-refractivity contribution in [1.82, 2.24) is 0 Å². The second-order valence-corrected chi connectivity index (χ2v) is 4.69. The van der Waals surface area contributed by atoms with Gasteiger partial charge in [0.2, 0.25) is 0 Å². The Kier molecular flexibility index (Phi) is 4.66. The summed E-state index contributed by atoms with van der Waals surface area (Å²) in [5, 5.41) is 0. The first kappa shape index (κ1) is 11.2. The summed E-state index contributed by atoms with van der Waals surface area (Å²) in [7, 11) is 0. The second kappa shape index (κ2) is 5.81. The Hall–Kier alpha value is -0.830. The van der Waals surface area contributed by atoms with Crippen molar-refractivity contribution in [2.75, 3.05) is 0 Å². The van der Waals surface area contributed by atoms with Gasteiger partial charge in [-0.05, 0) is 5.56 Å². The number of halogens is 1. The maximum atomic E-state index is 11.2. The van der Waals surface area contributed by atoms with Crippen LogP contribution in [-0.2, 0) is 16.1 Å². The van der Waals surface area contributed by atoms with Gasteiger partial charge in [0.25, 0.3) is 0 Å². The molecule has 0 fully saturated rings. The molecule has 76 valence electrons. The van der Waals surface area contributed by atoms with Crippen LogP contribution in [0.3, 0.4) is 0 Å². The molecule has 0 unspecified atom stereocenters. The molecule has 14 heavy (non-hydrogen) atoms. The van der Waals surface area contributed by atoms with E-state index in [9.17, 15) is 4.79 Å². The zero-order chi connectivity index (χ0) is 10.4. The highest BCUT2D eigenvalue weighted by molar-refractivity contribution is 9.09. The summed E-state index contributed by atoms with van der Waals surface area (Å²) < 4.78 is 5.07. The molecule has 0 saturated carbocycles. The minimum absolute atomic E-state index is 0.168. The average molecular weight is 257 g/mol. The molecule has 0 heterocycles. The van der Waals surface area contributed by atoms with Gasteiger partial charge < -0.3 is 4.74 Å². The van der Waals surface area contributed by atoms with Gasteiger partial charge >= 0.3 is 5.97 Å². The van der Waals surface area contributed by atoms with E-state index in [1.807, 2.05) is 37.3 Å². The average Bonchev–Trinajstić information content (AvgIpc) is 2.15. The minimum atomic E-state index is -0.168. The van der Waals surface area contributed by atoms with Crippen LogP contribution in [0.25, 0.3) is 0 Å². The third-order valence-corrected chi connectivity index (χ3v) is 2.01. The normalized spacial score (nSPS) is 12.1. The Morgan fingerprint density at radius 2 is 2.07 bits per heavy atom. The van der Waals surface area contributed by atoms with E-state index < -0.39 is 0 Å². The topological polar surface area (TPSA) is 26.3 Å². The summed E-state index contributed by atoms with van der Waals surface area (Å²) in [5.41, 5.74) is 1.02. The standard InChI is InChI=1S/C11H13BrO2/c1-9(12)7-11(13)14-8-10-5-3-2-4-6-10/h2-6,9H,7-8H2,1H3/t9-/m1/s1. The zero-order valence-corrected chi connectivity index (χ0v) is 9.66. The van der Waals surface area contributed by atoms with Gasteiger partial charge in [-0.3, -0.25) is 4.79 Å². The summed E-state index contributed by atoms with van der Waals surface area (Å²) in [6.07, 6.45) is 0.410. The smallest absolute Gasteiger partial charge is 0.307 e. The van der Waals surface area contributed by atoms with Gasteiger partial charge in [0.1, 0.15) is 6.61 Å². The Balaban J connectivity index is 2.31. The van der Waals surface area contributed by atoms with Crippen LogP contribution in [0, 0.1) is 0 Å². The molecule has 1 rings (SSSR count). The molecule has 0 radical (unpaired) electrons. The first-order chi connectivity index (χ1) is 6.68. The highest BCUT2D eigenvalue weighted by Gasteiger charge is 2.06. The summed E-state index contributed by atoms with van der Waals surface area (Å²) in [6, 6.07) is 9.66. The lowest BCUT2D eigenvalue weighted by molar-refractivity contribution is -0.144. The molecule has 1 aromatic carbocycles. The molecule has 0 aromatic heterocycles. The molecule has 0 aliphatic rings. The third kappa shape index (κ3) is 4.42. The van der Waals surface area contributed by atoms with Gasteiger partial charge in [0.05, 0.1) is 6.42 Å². The number of carbonyl (C=O) groups excluding carboxylic acids is 1. The number of carbonyl (C=O) groups is 1. The molecule has 0 spiro atoms. The fraction of sp³-hybridized carbons (Fsp3) is 0.364. The monoisotopic (exact) mass is 256 g/mol. The van der Waals surface area contributed by atoms with Crippen LogP contribution in [0.5, 0.6) is 0 Å². The largest absolute Gasteiger partial charge is 0.461 e. The van der Waals surface area contributed by atoms with Crippen molar-refractivity contribution in [3.63, 3.8) is 0 Å². The number of esters is 1. The second-order valence-electron chi connectivity index (χ2n) is 3.13. The molecule has 0 amide bonds. The van der Waals surface area contributed by atoms with Crippen molar-refractivity contribution < 1.29 is 9.53 Å². The summed E-state index contributed by atoms with van der Waals surface area (Å²) in [4.78, 5) is 11.3. The van der Waals surface area contributed by atoms with Crippen molar-refractivity contribution in [2.24, 2.45) is 0 Å². The molecule has 0 aliphatic carbocycles. The van der Waals surface area contributed by atoms with Crippen LogP contribution in [0.15, 0.2) is 30.3 Å². The van der Waals surface area contributed by atoms with E-state index in [0.29, 0.717) is 13.0 Å². The number of rotatable bonds is 4. The van der Waals surface area contributed by atoms with Crippen LogP contribution in [0.4, 0.5) is 0 Å². The Morgan fingerprint density at radius 1 is 1.43 bits per heavy atom. The quantitative estimate of drug-likeness (QED) is 0.612. The van der Waals surface area contributed by atoms with Gasteiger partial charge in [-0.2, -0.15) is 0 Å². The third-order valence-electron chi connectivity index (χ3n) is 1.69. The molecule has 0 bridgehead atoms. The van der Waals surface area contributed by atoms with E-state index in [4.69, 9.17) is 4.74 Å². The molecule has 2 nitrogen and oxygen atoms in total. The lowest BCUT2D eigenvalue weighted by Crippen LogP contribution is -2.08. The first-order valence-electron chi connectivity index (χ1n) is 4.52.